The summed E-state index contributed by atoms with van der Waals surface area (Å²) in [5.74, 6) is -0.523. The highest BCUT2D eigenvalue weighted by molar-refractivity contribution is 5.84. The van der Waals surface area contributed by atoms with Crippen molar-refractivity contribution in [2.45, 2.75) is 39.3 Å². The molecule has 2 rings (SSSR count). The molecule has 1 fully saturated rings. The minimum Gasteiger partial charge on any atom is -0.476 e. The third-order valence-electron chi connectivity index (χ3n) is 4.13. The van der Waals surface area contributed by atoms with Gasteiger partial charge in [0.15, 0.2) is 5.69 Å². The van der Waals surface area contributed by atoms with E-state index in [1.165, 1.54) is 12.5 Å². The molecule has 1 aliphatic heterocycles. The molecule has 0 aliphatic carbocycles. The van der Waals surface area contributed by atoms with Gasteiger partial charge in [-0.15, -0.1) is 0 Å². The maximum Gasteiger partial charge on any atom is 0.356 e. The van der Waals surface area contributed by atoms with Crippen molar-refractivity contribution in [3.8, 4) is 0 Å². The summed E-state index contributed by atoms with van der Waals surface area (Å²) in [5.41, 5.74) is 0.0137. The summed E-state index contributed by atoms with van der Waals surface area (Å²) in [6.45, 7) is 6.00. The topological polar surface area (TPSA) is 87.5 Å². The van der Waals surface area contributed by atoms with Crippen LogP contribution < -0.4 is 5.32 Å². The molecule has 2 atom stereocenters. The fourth-order valence-electron chi connectivity index (χ4n) is 2.61. The van der Waals surface area contributed by atoms with Crippen LogP contribution in [0.4, 0.5) is 4.79 Å². The van der Waals surface area contributed by atoms with E-state index < -0.39 is 5.97 Å². The van der Waals surface area contributed by atoms with Crippen LogP contribution in [-0.4, -0.2) is 50.7 Å². The molecule has 7 heteroatoms. The lowest BCUT2D eigenvalue weighted by atomic mass is 9.92. The number of nitrogens with zero attached hydrogens (tertiary/aromatic N) is 3. The monoisotopic (exact) mass is 294 g/mol. The van der Waals surface area contributed by atoms with Gasteiger partial charge in [-0.25, -0.2) is 14.6 Å². The van der Waals surface area contributed by atoms with E-state index in [1.54, 1.807) is 4.57 Å². The Morgan fingerprint density at radius 2 is 2.24 bits per heavy atom. The van der Waals surface area contributed by atoms with Crippen LogP contribution in [0.5, 0.6) is 0 Å². The van der Waals surface area contributed by atoms with Gasteiger partial charge in [0.2, 0.25) is 0 Å². The second-order valence-corrected chi connectivity index (χ2v) is 5.59. The number of piperidine rings is 1. The third kappa shape index (κ3) is 3.74. The molecule has 2 unspecified atom stereocenters. The van der Waals surface area contributed by atoms with Gasteiger partial charge in [-0.1, -0.05) is 6.92 Å². The molecule has 1 aromatic heterocycles. The van der Waals surface area contributed by atoms with Gasteiger partial charge >= 0.3 is 12.0 Å². The maximum atomic E-state index is 12.2. The van der Waals surface area contributed by atoms with E-state index in [9.17, 15) is 9.59 Å². The van der Waals surface area contributed by atoms with Crippen molar-refractivity contribution in [2.24, 2.45) is 5.92 Å². The fourth-order valence-corrected chi connectivity index (χ4v) is 2.61. The Morgan fingerprint density at radius 3 is 2.90 bits per heavy atom. The highest BCUT2D eigenvalue weighted by Gasteiger charge is 2.27. The van der Waals surface area contributed by atoms with E-state index >= 15 is 0 Å². The first-order valence-electron chi connectivity index (χ1n) is 7.28. The average Bonchev–Trinajstić information content (AvgIpc) is 2.91. The van der Waals surface area contributed by atoms with Crippen molar-refractivity contribution < 1.29 is 14.7 Å². The van der Waals surface area contributed by atoms with Crippen LogP contribution in [0.25, 0.3) is 0 Å². The third-order valence-corrected chi connectivity index (χ3v) is 4.13. The molecular formula is C14H22N4O3. The molecule has 2 amide bonds. The van der Waals surface area contributed by atoms with Crippen molar-refractivity contribution in [2.75, 3.05) is 13.1 Å². The number of hydrogen-bond acceptors (Lipinski definition) is 3. The smallest absolute Gasteiger partial charge is 0.356 e. The number of likely N-dealkylation sites (tertiary alicyclic amines) is 1. The highest BCUT2D eigenvalue weighted by atomic mass is 16.4. The number of carbonyl (C=O) groups is 2. The van der Waals surface area contributed by atoms with Crippen LogP contribution in [0.2, 0.25) is 0 Å². The van der Waals surface area contributed by atoms with Crippen molar-refractivity contribution >= 4 is 12.0 Å². The molecule has 7 nitrogen and oxygen atoms in total. The predicted octanol–water partition coefficient (Wildman–Crippen LogP) is 1.41. The van der Waals surface area contributed by atoms with Crippen LogP contribution in [0.3, 0.4) is 0 Å². The Morgan fingerprint density at radius 1 is 1.48 bits per heavy atom. The number of aromatic nitrogens is 2. The van der Waals surface area contributed by atoms with Gasteiger partial charge < -0.3 is 19.9 Å². The molecule has 21 heavy (non-hydrogen) atoms. The molecule has 0 aromatic carbocycles. The summed E-state index contributed by atoms with van der Waals surface area (Å²) in [7, 11) is 0. The molecule has 1 aliphatic rings. The quantitative estimate of drug-likeness (QED) is 0.879. The molecular weight excluding hydrogens is 272 g/mol. The molecule has 1 saturated heterocycles. The number of carboxylic acid groups (broad SMARTS) is 1. The van der Waals surface area contributed by atoms with E-state index in [0.717, 1.165) is 19.4 Å². The fraction of sp³-hybridized carbons (Fsp3) is 0.643. The summed E-state index contributed by atoms with van der Waals surface area (Å²) < 4.78 is 1.66. The summed E-state index contributed by atoms with van der Waals surface area (Å²) >= 11 is 0. The molecule has 0 bridgehead atoms. The molecule has 1 aromatic rings. The zero-order valence-electron chi connectivity index (χ0n) is 12.5. The number of nitrogens with one attached hydrogen (secondary N) is 1. The Bertz CT molecular complexity index is 514. The zero-order chi connectivity index (χ0) is 15.4. The van der Waals surface area contributed by atoms with Crippen molar-refractivity contribution in [1.82, 2.24) is 19.8 Å². The first-order chi connectivity index (χ1) is 9.99. The van der Waals surface area contributed by atoms with Gasteiger partial charge in [-0.2, -0.15) is 0 Å². The minimum atomic E-state index is -1.05. The van der Waals surface area contributed by atoms with E-state index in [2.05, 4.69) is 24.1 Å². The molecule has 116 valence electrons. The lowest BCUT2D eigenvalue weighted by molar-refractivity contribution is 0.0691. The van der Waals surface area contributed by atoms with Gasteiger partial charge in [0.05, 0.1) is 6.33 Å². The largest absolute Gasteiger partial charge is 0.476 e. The second kappa shape index (κ2) is 6.60. The van der Waals surface area contributed by atoms with Crippen molar-refractivity contribution in [3.05, 3.63) is 18.2 Å². The Labute approximate surface area is 124 Å². The SMILES string of the molecule is CC1CCCN(C(=O)NCCn2cnc(C(=O)O)c2)C1C. The summed E-state index contributed by atoms with van der Waals surface area (Å²) in [4.78, 5) is 28.5. The lowest BCUT2D eigenvalue weighted by Crippen LogP contribution is -2.50. The molecule has 2 heterocycles. The van der Waals surface area contributed by atoms with Crippen LogP contribution in [0, 0.1) is 5.92 Å². The maximum absolute atomic E-state index is 12.2. The Hall–Kier alpha value is -2.05. The van der Waals surface area contributed by atoms with Gasteiger partial charge in [-0.3, -0.25) is 0 Å². The molecule has 2 N–H and O–H groups in total. The minimum absolute atomic E-state index is 0.0137. The number of hydrogen-bond donors (Lipinski definition) is 2. The lowest BCUT2D eigenvalue weighted by Gasteiger charge is -2.37. The van der Waals surface area contributed by atoms with E-state index in [0.29, 0.717) is 19.0 Å². The normalized spacial score (nSPS) is 22.1. The average molecular weight is 294 g/mol. The number of rotatable bonds is 4. The summed E-state index contributed by atoms with van der Waals surface area (Å²) in [5, 5.41) is 11.7. The Balaban J connectivity index is 1.79. The van der Waals surface area contributed by atoms with E-state index in [-0.39, 0.29) is 17.8 Å². The number of carbonyl (C=O) groups excluding carboxylic acids is 1. The second-order valence-electron chi connectivity index (χ2n) is 5.59. The molecule has 0 radical (unpaired) electrons. The van der Waals surface area contributed by atoms with Gasteiger partial charge in [0, 0.05) is 31.9 Å². The summed E-state index contributed by atoms with van der Waals surface area (Å²) in [6.07, 6.45) is 5.13. The molecule has 0 spiro atoms. The first-order valence-corrected chi connectivity index (χ1v) is 7.28. The molecule has 0 saturated carbocycles. The van der Waals surface area contributed by atoms with Crippen LogP contribution in [0.1, 0.15) is 37.2 Å². The Kier molecular flexibility index (Phi) is 4.82. The van der Waals surface area contributed by atoms with Gasteiger partial charge in [-0.05, 0) is 25.7 Å². The number of carboxylic acids is 1. The zero-order valence-corrected chi connectivity index (χ0v) is 12.5. The van der Waals surface area contributed by atoms with Crippen molar-refractivity contribution in [3.63, 3.8) is 0 Å². The van der Waals surface area contributed by atoms with Crippen molar-refractivity contribution in [1.29, 1.82) is 0 Å². The number of imidazole rings is 1. The van der Waals surface area contributed by atoms with Crippen LogP contribution in [0.15, 0.2) is 12.5 Å². The highest BCUT2D eigenvalue weighted by Crippen LogP contribution is 2.22. The van der Waals surface area contributed by atoms with Crippen LogP contribution >= 0.6 is 0 Å². The van der Waals surface area contributed by atoms with E-state index in [4.69, 9.17) is 5.11 Å². The van der Waals surface area contributed by atoms with Gasteiger partial charge in [0.1, 0.15) is 0 Å². The number of urea groups is 1. The standard InChI is InChI=1S/C14H22N4O3/c1-10-4-3-6-18(11(10)2)14(21)15-5-7-17-8-12(13(19)20)16-9-17/h8-11H,3-7H2,1-2H3,(H,15,21)(H,19,20). The first kappa shape index (κ1) is 15.3. The summed E-state index contributed by atoms with van der Waals surface area (Å²) in [6, 6.07) is 0.207. The number of aromatic carboxylic acids is 1. The van der Waals surface area contributed by atoms with Gasteiger partial charge in [0.25, 0.3) is 0 Å². The number of amides is 2. The van der Waals surface area contributed by atoms with Crippen LogP contribution in [-0.2, 0) is 6.54 Å². The predicted molar refractivity (Wildman–Crippen MR) is 77.2 cm³/mol. The van der Waals surface area contributed by atoms with E-state index in [1.807, 2.05) is 4.90 Å².